The first-order chi connectivity index (χ1) is 25.7. The van der Waals surface area contributed by atoms with Crippen LogP contribution in [-0.2, 0) is 71.5 Å². The Morgan fingerprint density at radius 2 is 1.05 bits per heavy atom. The molecular formula is C37H50N6O10S2. The van der Waals surface area contributed by atoms with Crippen LogP contribution in [0.15, 0.2) is 32.3 Å². The number of aromatic amines is 2. The van der Waals surface area contributed by atoms with Gasteiger partial charge < -0.3 is 20.6 Å². The van der Waals surface area contributed by atoms with Gasteiger partial charge in [0, 0.05) is 79.1 Å². The fraction of sp³-hybridized carbons (Fsp3) is 0.514. The zero-order valence-corrected chi connectivity index (χ0v) is 33.7. The normalized spacial score (nSPS) is 15.0. The van der Waals surface area contributed by atoms with E-state index in [0.717, 1.165) is 56.2 Å². The minimum Gasteiger partial charge on any atom is -0.361 e. The molecule has 4 heterocycles. The first-order valence-electron chi connectivity index (χ1n) is 18.2. The van der Waals surface area contributed by atoms with Crippen molar-refractivity contribution in [3.05, 3.63) is 67.3 Å². The molecule has 2 aromatic heterocycles. The van der Waals surface area contributed by atoms with Crippen LogP contribution in [0.3, 0.4) is 0 Å². The van der Waals surface area contributed by atoms with Crippen molar-refractivity contribution in [3.8, 4) is 0 Å². The fourth-order valence-electron chi connectivity index (χ4n) is 7.09. The second kappa shape index (κ2) is 18.0. The van der Waals surface area contributed by atoms with E-state index in [-0.39, 0.29) is 50.6 Å². The largest absolute Gasteiger partial charge is 0.361 e. The highest BCUT2D eigenvalue weighted by molar-refractivity contribution is 7.86. The van der Waals surface area contributed by atoms with Gasteiger partial charge in [-0.2, -0.15) is 16.8 Å². The highest BCUT2D eigenvalue weighted by atomic mass is 32.2. The van der Waals surface area contributed by atoms with E-state index in [0.29, 0.717) is 54.7 Å². The number of hydrogen-bond acceptors (Lipinski definition) is 8. The number of nitrogens with one attached hydrogen (secondary N) is 4. The van der Waals surface area contributed by atoms with Gasteiger partial charge in [0.25, 0.3) is 32.1 Å². The third-order valence-electron chi connectivity index (χ3n) is 10.2. The van der Waals surface area contributed by atoms with Crippen LogP contribution in [0.25, 0.3) is 0 Å². The predicted octanol–water partition coefficient (Wildman–Crippen LogP) is 2.92. The summed E-state index contributed by atoms with van der Waals surface area (Å²) < 4.78 is 62.7. The first kappa shape index (κ1) is 43.2. The maximum atomic E-state index is 12.8. The van der Waals surface area contributed by atoms with Crippen LogP contribution < -0.4 is 10.6 Å². The number of carbonyl (C=O) groups is 4. The molecule has 0 unspecified atom stereocenters. The third kappa shape index (κ3) is 11.3. The molecular weight excluding hydrogens is 753 g/mol. The molecule has 0 radical (unpaired) electrons. The van der Waals surface area contributed by atoms with Gasteiger partial charge in [-0.3, -0.25) is 28.3 Å². The number of aromatic nitrogens is 2. The van der Waals surface area contributed by atoms with Crippen molar-refractivity contribution in [2.24, 2.45) is 9.98 Å². The van der Waals surface area contributed by atoms with E-state index in [2.05, 4.69) is 30.6 Å². The van der Waals surface area contributed by atoms with E-state index >= 15 is 0 Å². The predicted molar refractivity (Wildman–Crippen MR) is 208 cm³/mol. The minimum absolute atomic E-state index is 0.0138. The summed E-state index contributed by atoms with van der Waals surface area (Å²) in [7, 11) is -8.50. The Balaban J connectivity index is 1.70. The van der Waals surface area contributed by atoms with Crippen LogP contribution in [0.1, 0.15) is 98.4 Å². The van der Waals surface area contributed by atoms with Crippen LogP contribution in [0.5, 0.6) is 0 Å². The van der Waals surface area contributed by atoms with Gasteiger partial charge in [-0.15, -0.1) is 0 Å². The maximum Gasteiger partial charge on any atom is 0.273 e. The van der Waals surface area contributed by atoms with Crippen molar-refractivity contribution in [1.82, 2.24) is 20.6 Å². The molecule has 4 rings (SSSR count). The highest BCUT2D eigenvalue weighted by Crippen LogP contribution is 2.31. The lowest BCUT2D eigenvalue weighted by Crippen LogP contribution is -2.29. The molecule has 0 saturated heterocycles. The monoisotopic (exact) mass is 802 g/mol. The third-order valence-corrected chi connectivity index (χ3v) is 11.6. The molecule has 0 fully saturated rings. The van der Waals surface area contributed by atoms with Crippen LogP contribution >= 0.6 is 0 Å². The van der Waals surface area contributed by atoms with Gasteiger partial charge in [0.05, 0.1) is 22.9 Å². The Morgan fingerprint density at radius 1 is 0.618 bits per heavy atom. The molecule has 0 saturated carbocycles. The molecule has 2 aromatic rings. The molecule has 300 valence electrons. The summed E-state index contributed by atoms with van der Waals surface area (Å²) in [6.45, 7) is 10.8. The number of carbonyl (C=O) groups excluding carboxylic acids is 4. The van der Waals surface area contributed by atoms with Crippen molar-refractivity contribution in [3.63, 3.8) is 0 Å². The Kier molecular flexibility index (Phi) is 14.1. The molecule has 2 aliphatic heterocycles. The number of hydrogen-bond donors (Lipinski definition) is 6. The van der Waals surface area contributed by atoms with E-state index in [1.165, 1.54) is 0 Å². The van der Waals surface area contributed by atoms with E-state index < -0.39 is 43.6 Å². The zero-order chi connectivity index (χ0) is 40.8. The first-order valence-corrected chi connectivity index (χ1v) is 21.4. The van der Waals surface area contributed by atoms with Gasteiger partial charge in [-0.1, -0.05) is 13.8 Å². The maximum absolute atomic E-state index is 12.8. The molecule has 0 aromatic carbocycles. The van der Waals surface area contributed by atoms with E-state index in [9.17, 15) is 36.0 Å². The molecule has 0 bridgehead atoms. The van der Waals surface area contributed by atoms with Crippen molar-refractivity contribution >= 4 is 55.3 Å². The van der Waals surface area contributed by atoms with Gasteiger partial charge in [-0.25, -0.2) is 9.98 Å². The molecule has 4 amide bonds. The quantitative estimate of drug-likeness (QED) is 0.107. The summed E-state index contributed by atoms with van der Waals surface area (Å²) in [5.41, 5.74) is 10.8. The van der Waals surface area contributed by atoms with Crippen molar-refractivity contribution in [2.45, 2.75) is 99.3 Å². The molecule has 0 aliphatic carbocycles. The summed E-state index contributed by atoms with van der Waals surface area (Å²) in [4.78, 5) is 66.3. The van der Waals surface area contributed by atoms with Crippen LogP contribution in [0, 0.1) is 13.8 Å². The topological polar surface area (TPSA) is 257 Å². The summed E-state index contributed by atoms with van der Waals surface area (Å²) in [6, 6.07) is 0. The van der Waals surface area contributed by atoms with E-state index in [4.69, 9.17) is 9.11 Å². The fourth-order valence-corrected chi connectivity index (χ4v) is 7.81. The van der Waals surface area contributed by atoms with Gasteiger partial charge in [-0.05, 0) is 86.8 Å². The van der Waals surface area contributed by atoms with Crippen LogP contribution in [0.2, 0.25) is 0 Å². The van der Waals surface area contributed by atoms with Crippen LogP contribution in [-0.4, -0.2) is 95.6 Å². The molecule has 6 N–H and O–H groups in total. The zero-order valence-electron chi connectivity index (χ0n) is 32.1. The summed E-state index contributed by atoms with van der Waals surface area (Å²) in [5.74, 6) is -2.58. The summed E-state index contributed by atoms with van der Waals surface area (Å²) in [6.07, 6.45) is 2.75. The second-order valence-corrected chi connectivity index (χ2v) is 17.0. The molecule has 55 heavy (non-hydrogen) atoms. The number of amides is 4. The molecule has 16 nitrogen and oxygen atoms in total. The van der Waals surface area contributed by atoms with Crippen molar-refractivity contribution in [1.29, 1.82) is 0 Å². The Bertz CT molecular complexity index is 2240. The average Bonchev–Trinajstić information content (AvgIpc) is 3.73. The van der Waals surface area contributed by atoms with E-state index in [1.807, 2.05) is 34.6 Å². The lowest BCUT2D eigenvalue weighted by Gasteiger charge is -2.09. The number of nitrogens with zero attached hydrogens (tertiary/aromatic N) is 2. The van der Waals surface area contributed by atoms with Crippen molar-refractivity contribution in [2.75, 3.05) is 24.6 Å². The van der Waals surface area contributed by atoms with E-state index in [1.54, 1.807) is 6.92 Å². The minimum atomic E-state index is -4.25. The Labute approximate surface area is 321 Å². The standard InChI is InChI=1S/C37H50N6O10S2/c1-7-24-23(6)36(46)43-31(24)18-29-22(5)27(10-12-35(45)39-14-16-55(51,52)53)33(41-29)19-32-26(9-11-34(44)38-13-15-54(48,49)50)21(4)28(40-32)17-30-20(3)25(8-2)37(47)42-30/h40-41H,7-19H2,1-6H3,(H,38,44)(H,39,45)(H,48,49,50)(H,51,52,53). The second-order valence-electron chi connectivity index (χ2n) is 13.8. The molecule has 18 heteroatoms. The smallest absolute Gasteiger partial charge is 0.273 e. The molecule has 0 atom stereocenters. The number of aliphatic imine (C=N–C) groups is 2. The number of allylic oxidation sites excluding steroid dienone is 2. The molecule has 2 aliphatic rings. The average molecular weight is 803 g/mol. The summed E-state index contributed by atoms with van der Waals surface area (Å²) in [5, 5.41) is 5.05. The SMILES string of the molecule is CCC1=C(C)C(Cc2[nH]c(Cc3[nH]c(CC4=NC(=O)C(C)=C4CC)c(C)c3CCC(=O)NCCS(=O)(=O)O)c(CCC(=O)NCCS(=O)(=O)O)c2C)=NC1=O. The van der Waals surface area contributed by atoms with Gasteiger partial charge in [0.2, 0.25) is 11.8 Å². The lowest BCUT2D eigenvalue weighted by molar-refractivity contribution is -0.121. The summed E-state index contributed by atoms with van der Waals surface area (Å²) >= 11 is 0. The number of rotatable bonds is 20. The Morgan fingerprint density at radius 3 is 1.47 bits per heavy atom. The number of H-pyrrole nitrogens is 2. The van der Waals surface area contributed by atoms with Crippen molar-refractivity contribution < 1.29 is 45.1 Å². The van der Waals surface area contributed by atoms with Gasteiger partial charge in [0.15, 0.2) is 0 Å². The lowest BCUT2D eigenvalue weighted by atomic mass is 9.96. The van der Waals surface area contributed by atoms with Gasteiger partial charge in [0.1, 0.15) is 0 Å². The van der Waals surface area contributed by atoms with Crippen LogP contribution in [0.4, 0.5) is 0 Å². The van der Waals surface area contributed by atoms with Gasteiger partial charge >= 0.3 is 0 Å². The Hall–Kier alpha value is -4.52. The highest BCUT2D eigenvalue weighted by Gasteiger charge is 2.27. The molecule has 0 spiro atoms.